The van der Waals surface area contributed by atoms with Gasteiger partial charge in [-0.15, -0.1) is 0 Å². The topological polar surface area (TPSA) is 57.6 Å². The summed E-state index contributed by atoms with van der Waals surface area (Å²) >= 11 is 0. The van der Waals surface area contributed by atoms with Crippen LogP contribution >= 0.6 is 0 Å². The molecule has 1 aromatic carbocycles. The Morgan fingerprint density at radius 1 is 1.07 bits per heavy atom. The monoisotopic (exact) mass is 394 g/mol. The van der Waals surface area contributed by atoms with Crippen LogP contribution in [0.1, 0.15) is 40.7 Å². The highest BCUT2D eigenvalue weighted by molar-refractivity contribution is 5.94. The van der Waals surface area contributed by atoms with Crippen molar-refractivity contribution in [3.8, 4) is 0 Å². The Morgan fingerprint density at radius 3 is 2.66 bits per heavy atom. The molecule has 2 aliphatic heterocycles. The van der Waals surface area contributed by atoms with Crippen molar-refractivity contribution in [1.82, 2.24) is 14.4 Å². The molecule has 1 fully saturated rings. The molecule has 2 aromatic rings. The Morgan fingerprint density at radius 2 is 1.86 bits per heavy atom. The summed E-state index contributed by atoms with van der Waals surface area (Å²) in [6.45, 7) is 4.31. The standard InChI is InChI=1S/C23H30N4O2/c1-16-5-4-6-17-14-27(23(29)18-7-10-21(28)25(2)13-18)15-20-9-8-19(26(20)3)11-12-24-22(16)17/h4-7,10,13,19-20,24H,8-9,11-12,14-15H2,1-3H3. The third-order valence-corrected chi connectivity index (χ3v) is 6.54. The molecule has 154 valence electrons. The Balaban J connectivity index is 1.72. The Kier molecular flexibility index (Phi) is 5.46. The molecular weight excluding hydrogens is 364 g/mol. The molecule has 2 atom stereocenters. The second-order valence-electron chi connectivity index (χ2n) is 8.43. The number of nitrogens with one attached hydrogen (secondary N) is 1. The largest absolute Gasteiger partial charge is 0.384 e. The lowest BCUT2D eigenvalue weighted by atomic mass is 10.0. The molecule has 6 nitrogen and oxygen atoms in total. The van der Waals surface area contributed by atoms with Crippen molar-refractivity contribution in [1.29, 1.82) is 0 Å². The average molecular weight is 395 g/mol. The number of hydrogen-bond donors (Lipinski definition) is 1. The van der Waals surface area contributed by atoms with E-state index in [2.05, 4.69) is 42.4 Å². The minimum absolute atomic E-state index is 0.0239. The first-order valence-corrected chi connectivity index (χ1v) is 10.4. The van der Waals surface area contributed by atoms with Gasteiger partial charge in [0.15, 0.2) is 0 Å². The number of hydrogen-bond acceptors (Lipinski definition) is 4. The number of carbonyl (C=O) groups is 1. The average Bonchev–Trinajstić information content (AvgIpc) is 3.02. The van der Waals surface area contributed by atoms with E-state index in [0.717, 1.165) is 30.6 Å². The van der Waals surface area contributed by atoms with Crippen LogP contribution in [-0.2, 0) is 13.6 Å². The molecule has 4 rings (SSSR count). The summed E-state index contributed by atoms with van der Waals surface area (Å²) < 4.78 is 1.47. The highest BCUT2D eigenvalue weighted by Crippen LogP contribution is 2.29. The van der Waals surface area contributed by atoms with Crippen LogP contribution in [0.25, 0.3) is 0 Å². The second-order valence-corrected chi connectivity index (χ2v) is 8.43. The number of benzene rings is 1. The van der Waals surface area contributed by atoms with Crippen LogP contribution in [0.3, 0.4) is 0 Å². The van der Waals surface area contributed by atoms with Crippen molar-refractivity contribution in [3.63, 3.8) is 0 Å². The van der Waals surface area contributed by atoms with Crippen LogP contribution < -0.4 is 10.9 Å². The number of fused-ring (bicyclic) bond motifs is 3. The van der Waals surface area contributed by atoms with E-state index >= 15 is 0 Å². The maximum atomic E-state index is 13.5. The van der Waals surface area contributed by atoms with Crippen molar-refractivity contribution in [2.45, 2.75) is 44.8 Å². The number of aromatic nitrogens is 1. The van der Waals surface area contributed by atoms with Crippen molar-refractivity contribution in [3.05, 3.63) is 63.6 Å². The van der Waals surface area contributed by atoms with Gasteiger partial charge in [0.1, 0.15) is 0 Å². The number of amides is 1. The Labute approximate surface area is 172 Å². The first-order chi connectivity index (χ1) is 13.9. The molecule has 0 saturated carbocycles. The summed E-state index contributed by atoms with van der Waals surface area (Å²) in [5.74, 6) is -0.0239. The highest BCUT2D eigenvalue weighted by atomic mass is 16.2. The summed E-state index contributed by atoms with van der Waals surface area (Å²) in [4.78, 5) is 29.6. The molecule has 0 radical (unpaired) electrons. The van der Waals surface area contributed by atoms with Gasteiger partial charge in [0, 0.05) is 56.7 Å². The predicted molar refractivity (Wildman–Crippen MR) is 115 cm³/mol. The fourth-order valence-electron chi connectivity index (χ4n) is 4.72. The zero-order valence-electron chi connectivity index (χ0n) is 17.5. The van der Waals surface area contributed by atoms with Crippen LogP contribution in [0.15, 0.2) is 41.3 Å². The summed E-state index contributed by atoms with van der Waals surface area (Å²) in [5.41, 5.74) is 3.94. The van der Waals surface area contributed by atoms with Crippen molar-refractivity contribution >= 4 is 11.6 Å². The molecule has 6 heteroatoms. The first kappa shape index (κ1) is 19.7. The third-order valence-electron chi connectivity index (χ3n) is 6.54. The van der Waals surface area contributed by atoms with Gasteiger partial charge in [-0.2, -0.15) is 0 Å². The minimum Gasteiger partial charge on any atom is -0.384 e. The fourth-order valence-corrected chi connectivity index (χ4v) is 4.72. The highest BCUT2D eigenvalue weighted by Gasteiger charge is 2.33. The maximum Gasteiger partial charge on any atom is 0.255 e. The third kappa shape index (κ3) is 3.94. The minimum atomic E-state index is -0.109. The van der Waals surface area contributed by atoms with E-state index in [0.29, 0.717) is 30.7 Å². The fraction of sp³-hybridized carbons (Fsp3) is 0.478. The molecule has 1 saturated heterocycles. The van der Waals surface area contributed by atoms with Crippen LogP contribution in [0.2, 0.25) is 0 Å². The number of para-hydroxylation sites is 1. The zero-order chi connectivity index (χ0) is 20.5. The molecule has 3 heterocycles. The van der Waals surface area contributed by atoms with Gasteiger partial charge in [-0.1, -0.05) is 18.2 Å². The van der Waals surface area contributed by atoms with E-state index in [-0.39, 0.29) is 11.5 Å². The predicted octanol–water partition coefficient (Wildman–Crippen LogP) is 2.61. The van der Waals surface area contributed by atoms with E-state index in [1.54, 1.807) is 19.3 Å². The molecule has 0 spiro atoms. The smallest absolute Gasteiger partial charge is 0.255 e. The Hall–Kier alpha value is -2.60. The van der Waals surface area contributed by atoms with Crippen LogP contribution in [0.5, 0.6) is 0 Å². The molecule has 2 unspecified atom stereocenters. The quantitative estimate of drug-likeness (QED) is 0.808. The van der Waals surface area contributed by atoms with E-state index in [9.17, 15) is 9.59 Å². The van der Waals surface area contributed by atoms with Gasteiger partial charge < -0.3 is 14.8 Å². The number of carbonyl (C=O) groups excluding carboxylic acids is 1. The summed E-state index contributed by atoms with van der Waals surface area (Å²) in [6, 6.07) is 10.3. The van der Waals surface area contributed by atoms with Crippen LogP contribution in [0.4, 0.5) is 5.69 Å². The van der Waals surface area contributed by atoms with E-state index in [1.165, 1.54) is 22.6 Å². The van der Waals surface area contributed by atoms with Gasteiger partial charge in [0.05, 0.1) is 5.56 Å². The van der Waals surface area contributed by atoms with Gasteiger partial charge in [0.25, 0.3) is 5.91 Å². The summed E-state index contributed by atoms with van der Waals surface area (Å²) in [5, 5.41) is 3.64. The van der Waals surface area contributed by atoms with Crippen molar-refractivity contribution < 1.29 is 4.79 Å². The molecule has 1 amide bonds. The van der Waals surface area contributed by atoms with E-state index in [1.807, 2.05) is 4.90 Å². The molecule has 2 bridgehead atoms. The van der Waals surface area contributed by atoms with Gasteiger partial charge >= 0.3 is 0 Å². The zero-order valence-corrected chi connectivity index (χ0v) is 17.5. The lowest BCUT2D eigenvalue weighted by molar-refractivity contribution is 0.0688. The van der Waals surface area contributed by atoms with Crippen LogP contribution in [0, 0.1) is 6.92 Å². The lowest BCUT2D eigenvalue weighted by Crippen LogP contribution is -2.43. The van der Waals surface area contributed by atoms with Gasteiger partial charge in [0.2, 0.25) is 5.56 Å². The summed E-state index contributed by atoms with van der Waals surface area (Å²) in [6.07, 6.45) is 5.03. The number of rotatable bonds is 1. The number of anilines is 1. The van der Waals surface area contributed by atoms with E-state index in [4.69, 9.17) is 0 Å². The molecular formula is C23H30N4O2. The van der Waals surface area contributed by atoms with Gasteiger partial charge in [-0.05, 0) is 50.4 Å². The van der Waals surface area contributed by atoms with Crippen molar-refractivity contribution in [2.75, 3.05) is 25.5 Å². The first-order valence-electron chi connectivity index (χ1n) is 10.4. The molecule has 0 aliphatic carbocycles. The SMILES string of the molecule is Cc1cccc2c1NCCC1CCC(CN(C(=O)c3ccc(=O)n(C)c3)C2)N1C. The maximum absolute atomic E-state index is 13.5. The number of aryl methyl sites for hydroxylation is 2. The molecule has 1 N–H and O–H groups in total. The lowest BCUT2D eigenvalue weighted by Gasteiger charge is -2.31. The Bertz CT molecular complexity index is 968. The van der Waals surface area contributed by atoms with Gasteiger partial charge in [-0.3, -0.25) is 14.5 Å². The van der Waals surface area contributed by atoms with Crippen LogP contribution in [-0.4, -0.2) is 52.5 Å². The molecule has 29 heavy (non-hydrogen) atoms. The van der Waals surface area contributed by atoms with E-state index < -0.39 is 0 Å². The normalized spacial score (nSPS) is 22.5. The van der Waals surface area contributed by atoms with Gasteiger partial charge in [-0.25, -0.2) is 0 Å². The second kappa shape index (κ2) is 8.03. The number of pyridine rings is 1. The van der Waals surface area contributed by atoms with Crippen molar-refractivity contribution in [2.24, 2.45) is 7.05 Å². The molecule has 1 aromatic heterocycles. The number of likely N-dealkylation sites (N-methyl/N-ethyl adjacent to an activating group) is 1. The number of nitrogens with zero attached hydrogens (tertiary/aromatic N) is 3. The summed E-state index contributed by atoms with van der Waals surface area (Å²) in [7, 11) is 3.87. The molecule has 2 aliphatic rings.